The molecule has 0 aliphatic heterocycles. The van der Waals surface area contributed by atoms with Gasteiger partial charge >= 0.3 is 0 Å². The van der Waals surface area contributed by atoms with Gasteiger partial charge in [0, 0.05) is 6.42 Å². The third-order valence-corrected chi connectivity index (χ3v) is 11.9. The number of amides is 1. The molecule has 0 aliphatic carbocycles. The van der Waals surface area contributed by atoms with Crippen LogP contribution in [0.2, 0.25) is 0 Å². The molecule has 1 amide bonds. The summed E-state index contributed by atoms with van der Waals surface area (Å²) >= 11 is 0. The van der Waals surface area contributed by atoms with Gasteiger partial charge in [-0.2, -0.15) is 0 Å². The Morgan fingerprint density at radius 3 is 1.37 bits per heavy atom. The number of nitrogens with one attached hydrogen (secondary N) is 1. The van der Waals surface area contributed by atoms with Crippen molar-refractivity contribution in [2.75, 3.05) is 40.9 Å². The molecule has 3 unspecified atom stereocenters. The van der Waals surface area contributed by atoms with Crippen LogP contribution in [0.5, 0.6) is 0 Å². The maximum Gasteiger partial charge on any atom is 0.268 e. The van der Waals surface area contributed by atoms with E-state index < -0.39 is 20.0 Å². The maximum absolute atomic E-state index is 12.9. The molecule has 0 saturated heterocycles. The van der Waals surface area contributed by atoms with E-state index in [0.717, 1.165) is 38.5 Å². The van der Waals surface area contributed by atoms with Gasteiger partial charge in [-0.3, -0.25) is 9.36 Å². The fourth-order valence-corrected chi connectivity index (χ4v) is 7.75. The summed E-state index contributed by atoms with van der Waals surface area (Å²) in [7, 11) is 1.26. The number of allylic oxidation sites excluding steroid dienone is 3. The number of phosphoric ester groups is 1. The first kappa shape index (κ1) is 56.0. The summed E-state index contributed by atoms with van der Waals surface area (Å²) in [5, 5.41) is 13.8. The van der Waals surface area contributed by atoms with Crippen LogP contribution in [0.3, 0.4) is 0 Å². The lowest BCUT2D eigenvalue weighted by atomic mass is 10.0. The van der Waals surface area contributed by atoms with E-state index in [0.29, 0.717) is 17.4 Å². The molecule has 0 aromatic heterocycles. The van der Waals surface area contributed by atoms with Crippen LogP contribution in [0.15, 0.2) is 24.3 Å². The molecule has 338 valence electrons. The van der Waals surface area contributed by atoms with Crippen LogP contribution in [0.4, 0.5) is 0 Å². The van der Waals surface area contributed by atoms with Crippen LogP contribution in [0, 0.1) is 0 Å². The third kappa shape index (κ3) is 42.9. The van der Waals surface area contributed by atoms with Crippen molar-refractivity contribution in [2.45, 2.75) is 238 Å². The number of aliphatic hydroxyl groups is 1. The van der Waals surface area contributed by atoms with Gasteiger partial charge < -0.3 is 28.8 Å². The second-order valence-corrected chi connectivity index (χ2v) is 19.2. The van der Waals surface area contributed by atoms with Gasteiger partial charge in [-0.15, -0.1) is 0 Å². The fourth-order valence-electron chi connectivity index (χ4n) is 7.03. The lowest BCUT2D eigenvalue weighted by Gasteiger charge is -2.29. The van der Waals surface area contributed by atoms with E-state index in [1.807, 2.05) is 27.2 Å². The van der Waals surface area contributed by atoms with Crippen molar-refractivity contribution in [2.24, 2.45) is 0 Å². The molecule has 0 spiro atoms. The Balaban J connectivity index is 4.35. The average Bonchev–Trinajstić information content (AvgIpc) is 3.16. The van der Waals surface area contributed by atoms with E-state index in [1.54, 1.807) is 6.08 Å². The third-order valence-electron chi connectivity index (χ3n) is 10.9. The van der Waals surface area contributed by atoms with E-state index in [1.165, 1.54) is 167 Å². The molecule has 0 heterocycles. The smallest absolute Gasteiger partial charge is 0.268 e. The van der Waals surface area contributed by atoms with Crippen molar-refractivity contribution in [3.05, 3.63) is 24.3 Å². The number of quaternary nitrogens is 1. The lowest BCUT2D eigenvalue weighted by molar-refractivity contribution is -0.870. The average molecular weight is 827 g/mol. The number of carbonyl (C=O) groups excluding carboxylic acids is 1. The number of aliphatic hydroxyl groups excluding tert-OH is 1. The minimum atomic E-state index is -4.59. The van der Waals surface area contributed by atoms with E-state index >= 15 is 0 Å². The summed E-state index contributed by atoms with van der Waals surface area (Å²) < 4.78 is 23.2. The summed E-state index contributed by atoms with van der Waals surface area (Å²) in [5.41, 5.74) is 0. The summed E-state index contributed by atoms with van der Waals surface area (Å²) in [6.07, 6.45) is 47.9. The Morgan fingerprint density at radius 1 is 0.596 bits per heavy atom. The van der Waals surface area contributed by atoms with Crippen LogP contribution in [0.1, 0.15) is 226 Å². The predicted molar refractivity (Wildman–Crippen MR) is 242 cm³/mol. The topological polar surface area (TPSA) is 108 Å². The van der Waals surface area contributed by atoms with Gasteiger partial charge in [-0.25, -0.2) is 0 Å². The monoisotopic (exact) mass is 827 g/mol. The van der Waals surface area contributed by atoms with Crippen molar-refractivity contribution < 1.29 is 32.9 Å². The van der Waals surface area contributed by atoms with Crippen molar-refractivity contribution in [3.8, 4) is 0 Å². The number of carbonyl (C=O) groups is 1. The van der Waals surface area contributed by atoms with Gasteiger partial charge in [0.15, 0.2) is 0 Å². The fraction of sp³-hybridized carbons (Fsp3) is 0.896. The van der Waals surface area contributed by atoms with Crippen molar-refractivity contribution in [3.63, 3.8) is 0 Å². The van der Waals surface area contributed by atoms with Crippen LogP contribution in [-0.4, -0.2) is 68.5 Å². The minimum Gasteiger partial charge on any atom is -0.756 e. The first-order valence-corrected chi connectivity index (χ1v) is 25.7. The number of likely N-dealkylation sites (N-methyl/N-ethyl adjacent to an activating group) is 1. The standard InChI is InChI=1S/C48H95N2O6P/c1-6-8-10-12-14-16-18-20-22-24-25-26-28-30-32-34-36-38-40-42-48(52)49-46(45-56-57(53,54)55-44-43-50(3,4)5)47(51)41-39-37-35-33-31-29-27-23-21-19-17-15-13-11-9-7-2/h20,22,39,41,46-47,51H,6-19,21,23-38,40,42-45H2,1-5H3,(H-,49,52,53,54)/b22-20-,41-39+. The molecule has 0 aliphatic rings. The summed E-state index contributed by atoms with van der Waals surface area (Å²) in [5.74, 6) is -0.198. The molecule has 57 heavy (non-hydrogen) atoms. The largest absolute Gasteiger partial charge is 0.756 e. The number of phosphoric acid groups is 1. The van der Waals surface area contributed by atoms with Crippen LogP contribution < -0.4 is 10.2 Å². The number of unbranched alkanes of at least 4 members (excludes halogenated alkanes) is 29. The second kappa shape index (κ2) is 40.4. The van der Waals surface area contributed by atoms with Crippen molar-refractivity contribution in [1.29, 1.82) is 0 Å². The summed E-state index contributed by atoms with van der Waals surface area (Å²) in [4.78, 5) is 25.4. The van der Waals surface area contributed by atoms with E-state index in [-0.39, 0.29) is 19.1 Å². The summed E-state index contributed by atoms with van der Waals surface area (Å²) in [6.45, 7) is 4.66. The second-order valence-electron chi connectivity index (χ2n) is 17.8. The number of hydrogen-bond donors (Lipinski definition) is 2. The lowest BCUT2D eigenvalue weighted by Crippen LogP contribution is -2.45. The van der Waals surface area contributed by atoms with Crippen LogP contribution in [-0.2, 0) is 18.4 Å². The van der Waals surface area contributed by atoms with E-state index in [2.05, 4.69) is 31.3 Å². The molecule has 0 rings (SSSR count). The Hall–Kier alpha value is -1.02. The molecule has 8 nitrogen and oxygen atoms in total. The molecule has 0 aromatic carbocycles. The molecular weight excluding hydrogens is 732 g/mol. The van der Waals surface area contributed by atoms with Gasteiger partial charge in [0.05, 0.1) is 39.9 Å². The zero-order valence-electron chi connectivity index (χ0n) is 38.3. The minimum absolute atomic E-state index is 0.0000482. The van der Waals surface area contributed by atoms with Gasteiger partial charge in [-0.05, 0) is 44.9 Å². The van der Waals surface area contributed by atoms with Crippen LogP contribution in [0.25, 0.3) is 0 Å². The van der Waals surface area contributed by atoms with Gasteiger partial charge in [0.25, 0.3) is 7.82 Å². The summed E-state index contributed by atoms with van der Waals surface area (Å²) in [6, 6.07) is -0.884. The zero-order valence-corrected chi connectivity index (χ0v) is 39.2. The molecule has 9 heteroatoms. The zero-order chi connectivity index (χ0) is 42.1. The van der Waals surface area contributed by atoms with Gasteiger partial charge in [-0.1, -0.05) is 199 Å². The maximum atomic E-state index is 12.9. The molecule has 0 fully saturated rings. The Labute approximate surface area is 354 Å². The highest BCUT2D eigenvalue weighted by atomic mass is 31.2. The number of hydrogen-bond acceptors (Lipinski definition) is 6. The normalized spacial score (nSPS) is 14.4. The molecule has 3 atom stereocenters. The Morgan fingerprint density at radius 2 is 0.965 bits per heavy atom. The number of rotatable bonds is 44. The highest BCUT2D eigenvalue weighted by Crippen LogP contribution is 2.38. The van der Waals surface area contributed by atoms with Crippen LogP contribution >= 0.6 is 7.82 Å². The van der Waals surface area contributed by atoms with Gasteiger partial charge in [0.2, 0.25) is 5.91 Å². The molecule has 0 bridgehead atoms. The number of nitrogens with zero attached hydrogens (tertiary/aromatic N) is 1. The quantitative estimate of drug-likeness (QED) is 0.0274. The van der Waals surface area contributed by atoms with Gasteiger partial charge in [0.1, 0.15) is 13.2 Å². The molecular formula is C48H95N2O6P. The molecule has 2 N–H and O–H groups in total. The SMILES string of the molecule is CCCCCCCC/C=C\CCCCCCCCCCCC(=O)NC(COP(=O)([O-])OCC[N+](C)(C)C)C(O)/C=C/CCCCCCCCCCCCCCCC. The van der Waals surface area contributed by atoms with E-state index in [4.69, 9.17) is 9.05 Å². The van der Waals surface area contributed by atoms with Crippen molar-refractivity contribution in [1.82, 2.24) is 5.32 Å². The molecule has 0 aromatic rings. The van der Waals surface area contributed by atoms with Crippen molar-refractivity contribution >= 4 is 13.7 Å². The molecule has 0 saturated carbocycles. The van der Waals surface area contributed by atoms with E-state index in [9.17, 15) is 19.4 Å². The Bertz CT molecular complexity index is 984. The Kier molecular flexibility index (Phi) is 39.7. The predicted octanol–water partition coefficient (Wildman–Crippen LogP) is 13.1. The highest BCUT2D eigenvalue weighted by molar-refractivity contribution is 7.45. The first-order chi connectivity index (χ1) is 27.5. The first-order valence-electron chi connectivity index (χ1n) is 24.2. The molecule has 0 radical (unpaired) electrons. The highest BCUT2D eigenvalue weighted by Gasteiger charge is 2.23.